The molecule has 1 aromatic carbocycles. The molecule has 2 unspecified atom stereocenters. The molecule has 2 heteroatoms. The van der Waals surface area contributed by atoms with Crippen molar-refractivity contribution in [1.29, 1.82) is 0 Å². The van der Waals surface area contributed by atoms with Crippen LogP contribution in [0.5, 0.6) is 0 Å². The van der Waals surface area contributed by atoms with Crippen molar-refractivity contribution in [2.45, 2.75) is 94.9 Å². The molecule has 2 aliphatic rings. The molecule has 0 spiro atoms. The van der Waals surface area contributed by atoms with Crippen LogP contribution in [0.2, 0.25) is 0 Å². The molecule has 0 radical (unpaired) electrons. The van der Waals surface area contributed by atoms with Crippen LogP contribution in [0.4, 0.5) is 0 Å². The molecule has 0 saturated carbocycles. The molecule has 3 rings (SSSR count). The van der Waals surface area contributed by atoms with Gasteiger partial charge in [-0.1, -0.05) is 62.1 Å². The summed E-state index contributed by atoms with van der Waals surface area (Å²) in [7, 11) is 0. The van der Waals surface area contributed by atoms with Crippen LogP contribution in [0.25, 0.3) is 0 Å². The zero-order valence-corrected chi connectivity index (χ0v) is 15.7. The average molecular weight is 342 g/mol. The van der Waals surface area contributed by atoms with Crippen LogP contribution < -0.4 is 0 Å². The minimum atomic E-state index is -0.415. The number of nitrogens with zero attached hydrogens (tertiary/aromatic N) is 1. The van der Waals surface area contributed by atoms with Crippen molar-refractivity contribution in [2.24, 2.45) is 0 Å². The van der Waals surface area contributed by atoms with Crippen LogP contribution in [-0.2, 0) is 6.54 Å². The van der Waals surface area contributed by atoms with E-state index in [1.165, 1.54) is 50.5 Å². The van der Waals surface area contributed by atoms with E-state index >= 15 is 0 Å². The average Bonchev–Trinajstić information content (AvgIpc) is 2.60. The second-order valence-electron chi connectivity index (χ2n) is 8.27. The minimum absolute atomic E-state index is 0.415. The number of rotatable bonds is 9. The summed E-state index contributed by atoms with van der Waals surface area (Å²) in [6.07, 6.45) is 14.9. The lowest BCUT2D eigenvalue weighted by molar-refractivity contribution is -0.0999. The molecule has 2 saturated heterocycles. The summed E-state index contributed by atoms with van der Waals surface area (Å²) in [4.78, 5) is 2.69. The summed E-state index contributed by atoms with van der Waals surface area (Å²) in [5.74, 6) is 0. The molecule has 0 aliphatic carbocycles. The lowest BCUT2D eigenvalue weighted by Gasteiger charge is -2.52. The number of allylic oxidation sites excluding steroid dienone is 1. The first kappa shape index (κ1) is 18.7. The first-order valence-electron chi connectivity index (χ1n) is 10.3. The van der Waals surface area contributed by atoms with Gasteiger partial charge in [-0.05, 0) is 50.5 Å². The highest BCUT2D eigenvalue weighted by molar-refractivity contribution is 5.15. The summed E-state index contributed by atoms with van der Waals surface area (Å²) in [6, 6.07) is 12.0. The Labute approximate surface area is 153 Å². The molecule has 2 nitrogen and oxygen atoms in total. The van der Waals surface area contributed by atoms with Gasteiger partial charge in [-0.3, -0.25) is 4.90 Å². The Bertz CT molecular complexity index is 512. The van der Waals surface area contributed by atoms with E-state index < -0.39 is 5.60 Å². The van der Waals surface area contributed by atoms with Gasteiger partial charge in [-0.25, -0.2) is 0 Å². The Hall–Kier alpha value is -1.12. The maximum atomic E-state index is 11.2. The summed E-state index contributed by atoms with van der Waals surface area (Å²) in [5, 5.41) is 11.2. The Morgan fingerprint density at radius 3 is 2.40 bits per heavy atom. The Balaban J connectivity index is 1.52. The van der Waals surface area contributed by atoms with Gasteiger partial charge >= 0.3 is 0 Å². The molecule has 25 heavy (non-hydrogen) atoms. The van der Waals surface area contributed by atoms with Gasteiger partial charge in [0.2, 0.25) is 0 Å². The van der Waals surface area contributed by atoms with Crippen LogP contribution in [0.3, 0.4) is 0 Å². The first-order valence-corrected chi connectivity index (χ1v) is 10.3. The van der Waals surface area contributed by atoms with Crippen molar-refractivity contribution < 1.29 is 5.11 Å². The quantitative estimate of drug-likeness (QED) is 0.476. The third-order valence-electron chi connectivity index (χ3n) is 6.25. The fourth-order valence-electron chi connectivity index (χ4n) is 4.97. The third kappa shape index (κ3) is 5.18. The standard InChI is InChI=1S/C23H35NO/c1-2-3-4-5-6-10-16-23(25)17-21-14-11-15-22(18-23)24(21)19-20-12-8-7-9-13-20/h2,7-9,12-13,21-22,25H,1,3-6,10-11,14-19H2. The van der Waals surface area contributed by atoms with E-state index in [-0.39, 0.29) is 0 Å². The van der Waals surface area contributed by atoms with Gasteiger partial charge in [0.05, 0.1) is 5.60 Å². The first-order chi connectivity index (χ1) is 12.2. The number of hydrogen-bond donors (Lipinski definition) is 1. The zero-order chi connectivity index (χ0) is 17.5. The largest absolute Gasteiger partial charge is 0.390 e. The molecule has 2 aliphatic heterocycles. The van der Waals surface area contributed by atoms with Crippen LogP contribution in [-0.4, -0.2) is 27.7 Å². The Kier molecular flexibility index (Phi) is 6.72. The van der Waals surface area contributed by atoms with E-state index in [4.69, 9.17) is 0 Å². The van der Waals surface area contributed by atoms with Gasteiger partial charge in [0.25, 0.3) is 0 Å². The monoisotopic (exact) mass is 341 g/mol. The van der Waals surface area contributed by atoms with Crippen molar-refractivity contribution in [1.82, 2.24) is 4.90 Å². The van der Waals surface area contributed by atoms with E-state index in [9.17, 15) is 5.11 Å². The van der Waals surface area contributed by atoms with Gasteiger partial charge in [0.15, 0.2) is 0 Å². The molecule has 138 valence electrons. The highest BCUT2D eigenvalue weighted by Crippen LogP contribution is 2.42. The van der Waals surface area contributed by atoms with Gasteiger partial charge in [-0.15, -0.1) is 6.58 Å². The molecule has 0 aromatic heterocycles. The Morgan fingerprint density at radius 2 is 1.72 bits per heavy atom. The number of benzene rings is 1. The van der Waals surface area contributed by atoms with Crippen molar-refractivity contribution in [3.8, 4) is 0 Å². The lowest BCUT2D eigenvalue weighted by Crippen LogP contribution is -2.57. The summed E-state index contributed by atoms with van der Waals surface area (Å²) < 4.78 is 0. The zero-order valence-electron chi connectivity index (χ0n) is 15.7. The van der Waals surface area contributed by atoms with Crippen molar-refractivity contribution >= 4 is 0 Å². The maximum absolute atomic E-state index is 11.2. The van der Waals surface area contributed by atoms with Crippen LogP contribution >= 0.6 is 0 Å². The van der Waals surface area contributed by atoms with E-state index in [1.54, 1.807) is 0 Å². The highest BCUT2D eigenvalue weighted by Gasteiger charge is 2.44. The van der Waals surface area contributed by atoms with Crippen LogP contribution in [0.15, 0.2) is 43.0 Å². The molecule has 0 amide bonds. The van der Waals surface area contributed by atoms with E-state index in [0.29, 0.717) is 12.1 Å². The van der Waals surface area contributed by atoms with Crippen molar-refractivity contribution in [3.63, 3.8) is 0 Å². The van der Waals surface area contributed by atoms with Crippen LogP contribution in [0.1, 0.15) is 76.2 Å². The summed E-state index contributed by atoms with van der Waals surface area (Å²) >= 11 is 0. The Morgan fingerprint density at radius 1 is 1.04 bits per heavy atom. The number of hydrogen-bond acceptors (Lipinski definition) is 2. The number of piperidine rings is 2. The maximum Gasteiger partial charge on any atom is 0.0677 e. The molecule has 1 aromatic rings. The van der Waals surface area contributed by atoms with Crippen LogP contribution in [0, 0.1) is 0 Å². The molecular weight excluding hydrogens is 306 g/mol. The molecule has 2 atom stereocenters. The summed E-state index contributed by atoms with van der Waals surface area (Å²) in [5.41, 5.74) is 0.994. The fraction of sp³-hybridized carbons (Fsp3) is 0.652. The minimum Gasteiger partial charge on any atom is -0.390 e. The molecule has 1 N–H and O–H groups in total. The molecular formula is C23H35NO. The fourth-order valence-corrected chi connectivity index (χ4v) is 4.97. The molecule has 2 bridgehead atoms. The van der Waals surface area contributed by atoms with Crippen molar-refractivity contribution in [2.75, 3.05) is 0 Å². The second kappa shape index (κ2) is 9.00. The predicted octanol–water partition coefficient (Wildman–Crippen LogP) is 5.46. The number of unbranched alkanes of at least 4 members (excludes halogenated alkanes) is 4. The molecule has 2 heterocycles. The van der Waals surface area contributed by atoms with Gasteiger partial charge < -0.3 is 5.11 Å². The highest BCUT2D eigenvalue weighted by atomic mass is 16.3. The third-order valence-corrected chi connectivity index (χ3v) is 6.25. The van der Waals surface area contributed by atoms with Gasteiger partial charge in [0.1, 0.15) is 0 Å². The molecule has 2 fully saturated rings. The van der Waals surface area contributed by atoms with Gasteiger partial charge in [0, 0.05) is 18.6 Å². The number of aliphatic hydroxyl groups is 1. The van der Waals surface area contributed by atoms with Crippen molar-refractivity contribution in [3.05, 3.63) is 48.6 Å². The van der Waals surface area contributed by atoms with E-state index in [2.05, 4.69) is 41.8 Å². The normalized spacial score (nSPS) is 29.5. The predicted molar refractivity (Wildman–Crippen MR) is 105 cm³/mol. The SMILES string of the molecule is C=CCCCCCCC1(O)CC2CCCC(C1)N2Cc1ccccc1. The number of fused-ring (bicyclic) bond motifs is 2. The topological polar surface area (TPSA) is 23.5 Å². The second-order valence-corrected chi connectivity index (χ2v) is 8.27. The van der Waals surface area contributed by atoms with E-state index in [1.807, 2.05) is 6.08 Å². The van der Waals surface area contributed by atoms with E-state index in [0.717, 1.165) is 32.2 Å². The lowest BCUT2D eigenvalue weighted by atomic mass is 9.73. The smallest absolute Gasteiger partial charge is 0.0677 e. The van der Waals surface area contributed by atoms with Gasteiger partial charge in [-0.2, -0.15) is 0 Å². The summed E-state index contributed by atoms with van der Waals surface area (Å²) in [6.45, 7) is 4.84.